The number of benzene rings is 4. The second-order valence-electron chi connectivity index (χ2n) is 38.7. The molecule has 2 aliphatic heterocycles. The molecule has 0 radical (unpaired) electrons. The Morgan fingerprint density at radius 2 is 0.794 bits per heavy atom. The fourth-order valence-electron chi connectivity index (χ4n) is 20.3. The molecular formula is C109H134N22O5. The predicted molar refractivity (Wildman–Crippen MR) is 540 cm³/mol. The Morgan fingerprint density at radius 3 is 1.15 bits per heavy atom. The van der Waals surface area contributed by atoms with Gasteiger partial charge in [-0.3, -0.25) is 44.6 Å². The van der Waals surface area contributed by atoms with Crippen LogP contribution in [-0.4, -0.2) is 193 Å². The normalized spacial score (nSPS) is 17.0. The number of carbonyl (C=O) groups is 4. The molecule has 27 nitrogen and oxygen atoms in total. The number of likely N-dealkylation sites (tertiary alicyclic amines) is 1. The number of aromatic nitrogens is 13. The van der Waals surface area contributed by atoms with Crippen molar-refractivity contribution < 1.29 is 23.6 Å². The molecule has 710 valence electrons. The van der Waals surface area contributed by atoms with Crippen LogP contribution in [0.2, 0.25) is 0 Å². The summed E-state index contributed by atoms with van der Waals surface area (Å²) in [4.78, 5) is 81.9. The average molecular weight is 1830 g/mol. The van der Waals surface area contributed by atoms with Crippen molar-refractivity contribution in [1.29, 1.82) is 0 Å². The zero-order chi connectivity index (χ0) is 93.5. The van der Waals surface area contributed by atoms with E-state index in [1.165, 1.54) is 156 Å². The molecule has 9 N–H and O–H groups in total. The van der Waals surface area contributed by atoms with E-state index in [1.807, 2.05) is 151 Å². The largest absolute Gasteiger partial charge is 0.467 e. The third kappa shape index (κ3) is 24.7. The first-order valence-electron chi connectivity index (χ1n) is 50.0. The number of nitrogens with zero attached hydrogens (tertiary/aromatic N) is 13. The second kappa shape index (κ2) is 46.4. The molecule has 10 aromatic heterocycles. The number of rotatable bonds is 29. The molecular weight excluding hydrogens is 1700 g/mol. The number of piperazine rings is 1. The zero-order valence-corrected chi connectivity index (χ0v) is 79.8. The van der Waals surface area contributed by atoms with Gasteiger partial charge in [0.05, 0.1) is 56.4 Å². The Labute approximate surface area is 798 Å². The first-order valence-corrected chi connectivity index (χ1v) is 50.0. The van der Waals surface area contributed by atoms with E-state index in [0.29, 0.717) is 54.2 Å². The van der Waals surface area contributed by atoms with Crippen LogP contribution in [-0.2, 0) is 57.9 Å². The lowest BCUT2D eigenvalue weighted by Gasteiger charge is -2.37. The van der Waals surface area contributed by atoms with Crippen molar-refractivity contribution in [2.75, 3.05) is 74.6 Å². The number of amides is 4. The lowest BCUT2D eigenvalue weighted by Crippen LogP contribution is -2.52. The number of aryl methyl sites for hydroxylation is 8. The molecule has 12 heterocycles. The molecule has 2 saturated heterocycles. The number of H-pyrrole nitrogens is 4. The highest BCUT2D eigenvalue weighted by molar-refractivity contribution is 5.98. The van der Waals surface area contributed by atoms with Crippen LogP contribution in [0.25, 0.3) is 43.6 Å². The van der Waals surface area contributed by atoms with Gasteiger partial charge in [0.25, 0.3) is 23.6 Å². The van der Waals surface area contributed by atoms with Crippen molar-refractivity contribution in [2.45, 2.75) is 250 Å². The van der Waals surface area contributed by atoms with Crippen LogP contribution in [0, 0.1) is 5.92 Å². The third-order valence-corrected chi connectivity index (χ3v) is 28.3. The Bertz CT molecular complexity index is 6190. The number of carbonyl (C=O) groups excluding carboxylic acids is 4. The number of aromatic amines is 4. The first kappa shape index (κ1) is 94.6. The van der Waals surface area contributed by atoms with Gasteiger partial charge in [0.2, 0.25) is 0 Å². The molecule has 4 amide bonds. The van der Waals surface area contributed by atoms with Crippen molar-refractivity contribution in [2.24, 2.45) is 5.92 Å². The number of hydrogen-bond donors (Lipinski definition) is 9. The summed E-state index contributed by atoms with van der Waals surface area (Å²) >= 11 is 0. The standard InChI is InChI=1S/C30H34N6O.C27H36N6O.C26H29N5O2.C26H35N5O/c37-30(36-18-15-24(20-36)23-5-4-16-31-19-23)22-11-8-21(9-12-22)10-13-26-28-27(35-34-26)14-17-32-29(28)33-25-6-2-1-3-7-25;1-19-18-33(17-16-32(19)2)27(34)21-11-8-20(9-12-21)10-13-23-25-24(31-30-23)14-15-28-26(25)29-22-6-4-3-5-7-22;32-26(28-17-21-7-4-16-33-21)19-11-8-18(9-12-19)10-13-22-24-23(31-30-22)14-15-27-25(24)29-20-5-2-1-3-6-20;1-18(2)17-31(3)26(32)20-12-9-19(10-13-20)11-14-22-24-23(30-29-22)15-16-27-25(24)28-21-7-5-4-6-8-21/h4-5,8-9,11-12,14,16-17,19,24-25H,1-3,6-7,10,13,15,18,20H2,(H,32,33)(H,34,35);8-9,11-12,14-15,19,22H,3-7,10,13,16-18H2,1-2H3,(H,28,29)(H,30,31);4,7-9,11-12,14-16,20H,1-3,5-6,10,13,17H2,(H,27,29)(H,28,32)(H,30,31);9-10,12-13,15-16,18,21H,4-8,11,14,17H2,1-3H3,(H,27,28)(H,29,30). The molecule has 136 heavy (non-hydrogen) atoms. The van der Waals surface area contributed by atoms with Gasteiger partial charge in [0.15, 0.2) is 0 Å². The minimum atomic E-state index is -0.109. The fourth-order valence-corrected chi connectivity index (χ4v) is 20.3. The SMILES string of the molecule is CC(C)CN(C)C(=O)c1ccc(CCc2[nH]nc3ccnc(NC4CCCCC4)c23)cc1.CC1CN(C(=O)c2ccc(CCc3[nH]nc4ccnc(NC5CCCCC5)c34)cc2)CCN1C.O=C(NCc1ccco1)c1ccc(CCc2[nH]nc3ccnc(NC4CCCCC4)c23)cc1.O=C(c1ccc(CCc2[nH]nc3ccnc(NC4CCCCC4)c23)cc1)N1CCC(c2cccnc2)C1. The van der Waals surface area contributed by atoms with Gasteiger partial charge < -0.3 is 50.6 Å². The quantitative estimate of drug-likeness (QED) is 0.0210. The van der Waals surface area contributed by atoms with Gasteiger partial charge in [-0.05, 0) is 248 Å². The molecule has 4 aromatic carbocycles. The second-order valence-corrected chi connectivity index (χ2v) is 38.7. The lowest BCUT2D eigenvalue weighted by atomic mass is 9.95. The van der Waals surface area contributed by atoms with Gasteiger partial charge in [0, 0.05) is 165 Å². The number of fused-ring (bicyclic) bond motifs is 4. The minimum Gasteiger partial charge on any atom is -0.467 e. The molecule has 2 unspecified atom stereocenters. The van der Waals surface area contributed by atoms with Crippen LogP contribution in [0.5, 0.6) is 0 Å². The molecule has 0 bridgehead atoms. The van der Waals surface area contributed by atoms with E-state index in [1.54, 1.807) is 17.4 Å². The summed E-state index contributed by atoms with van der Waals surface area (Å²) in [7, 11) is 3.99. The Balaban J connectivity index is 0.000000126. The topological polar surface area (TPSA) is 334 Å². The van der Waals surface area contributed by atoms with Crippen molar-refractivity contribution in [1.82, 2.24) is 90.6 Å². The van der Waals surface area contributed by atoms with Crippen LogP contribution in [0.15, 0.2) is 193 Å². The predicted octanol–water partition coefficient (Wildman–Crippen LogP) is 20.0. The van der Waals surface area contributed by atoms with E-state index in [-0.39, 0.29) is 23.6 Å². The van der Waals surface area contributed by atoms with Crippen molar-refractivity contribution in [3.05, 3.63) is 268 Å². The average Bonchev–Trinajstić information content (AvgIpc) is 1.65. The number of likely N-dealkylation sites (N-methyl/N-ethyl adjacent to an activating group) is 1. The molecule has 4 aliphatic carbocycles. The van der Waals surface area contributed by atoms with E-state index < -0.39 is 0 Å². The van der Waals surface area contributed by atoms with E-state index in [0.717, 1.165) is 209 Å². The maximum absolute atomic E-state index is 13.1. The number of anilines is 4. The Morgan fingerprint density at radius 1 is 0.419 bits per heavy atom. The van der Waals surface area contributed by atoms with E-state index in [2.05, 4.69) is 167 Å². The van der Waals surface area contributed by atoms with Crippen molar-refractivity contribution >= 4 is 90.5 Å². The highest BCUT2D eigenvalue weighted by Gasteiger charge is 2.31. The molecule has 4 saturated carbocycles. The maximum atomic E-state index is 13.1. The van der Waals surface area contributed by atoms with E-state index in [4.69, 9.17) is 4.42 Å². The number of pyridine rings is 5. The molecule has 27 heteroatoms. The van der Waals surface area contributed by atoms with Gasteiger partial charge in [0.1, 0.15) is 29.0 Å². The van der Waals surface area contributed by atoms with Crippen LogP contribution in [0.3, 0.4) is 0 Å². The summed E-state index contributed by atoms with van der Waals surface area (Å²) in [6, 6.07) is 50.0. The van der Waals surface area contributed by atoms with Crippen LogP contribution in [0.1, 0.15) is 259 Å². The molecule has 2 atom stereocenters. The van der Waals surface area contributed by atoms with Gasteiger partial charge in [-0.1, -0.05) is 145 Å². The van der Waals surface area contributed by atoms with Crippen molar-refractivity contribution in [3.8, 4) is 0 Å². The number of nitrogens with one attached hydrogen (secondary N) is 9. The summed E-state index contributed by atoms with van der Waals surface area (Å²) in [6.45, 7) is 11.6. The monoisotopic (exact) mass is 1830 g/mol. The lowest BCUT2D eigenvalue weighted by molar-refractivity contribution is 0.0572. The zero-order valence-electron chi connectivity index (χ0n) is 79.8. The van der Waals surface area contributed by atoms with Gasteiger partial charge in [-0.2, -0.15) is 20.4 Å². The van der Waals surface area contributed by atoms with Crippen LogP contribution >= 0.6 is 0 Å². The number of furan rings is 1. The smallest absolute Gasteiger partial charge is 0.253 e. The minimum absolute atomic E-state index is 0.0781. The highest BCUT2D eigenvalue weighted by Crippen LogP contribution is 2.36. The molecule has 6 aliphatic rings. The van der Waals surface area contributed by atoms with Crippen LogP contribution in [0.4, 0.5) is 23.3 Å². The summed E-state index contributed by atoms with van der Waals surface area (Å²) in [5, 5.41) is 53.1. The Hall–Kier alpha value is -13.2. The Kier molecular flexibility index (Phi) is 32.3. The maximum Gasteiger partial charge on any atom is 0.253 e. The van der Waals surface area contributed by atoms with E-state index in [9.17, 15) is 19.2 Å². The molecule has 0 spiro atoms. The van der Waals surface area contributed by atoms with Gasteiger partial charge in [-0.15, -0.1) is 0 Å². The third-order valence-electron chi connectivity index (χ3n) is 28.3. The molecule has 20 rings (SSSR count). The number of hydrogen-bond acceptors (Lipinski definition) is 19. The van der Waals surface area contributed by atoms with Crippen LogP contribution < -0.4 is 26.6 Å². The van der Waals surface area contributed by atoms with Gasteiger partial charge >= 0.3 is 0 Å². The van der Waals surface area contributed by atoms with Gasteiger partial charge in [-0.25, -0.2) is 19.9 Å². The summed E-state index contributed by atoms with van der Waals surface area (Å²) in [5.41, 5.74) is 17.2. The molecule has 6 fully saturated rings. The van der Waals surface area contributed by atoms with E-state index >= 15 is 0 Å². The fraction of sp³-hybridized carbons (Fsp3) is 0.440. The summed E-state index contributed by atoms with van der Waals surface area (Å²) < 4.78 is 5.26. The summed E-state index contributed by atoms with van der Waals surface area (Å²) in [5.74, 6) is 5.57. The summed E-state index contributed by atoms with van der Waals surface area (Å²) in [6.07, 6.45) is 45.8. The first-order chi connectivity index (χ1) is 66.6. The molecule has 14 aromatic rings. The highest BCUT2D eigenvalue weighted by atomic mass is 16.3. The van der Waals surface area contributed by atoms with Crippen molar-refractivity contribution in [3.63, 3.8) is 0 Å².